The number of hydrogen-bond donors (Lipinski definition) is 1. The van der Waals surface area contributed by atoms with E-state index in [0.717, 1.165) is 24.2 Å². The Morgan fingerprint density at radius 3 is 2.64 bits per heavy atom. The highest BCUT2D eigenvalue weighted by Crippen LogP contribution is 2.47. The van der Waals surface area contributed by atoms with Crippen molar-refractivity contribution >= 4 is 11.8 Å². The smallest absolute Gasteiger partial charge is 0.123 e. The second kappa shape index (κ2) is 3.48. The summed E-state index contributed by atoms with van der Waals surface area (Å²) >= 11 is 1.73. The second-order valence-corrected chi connectivity index (χ2v) is 4.60. The van der Waals surface area contributed by atoms with Crippen LogP contribution in [0.5, 0.6) is 5.75 Å². The largest absolute Gasteiger partial charge is 0.496 e. The van der Waals surface area contributed by atoms with Gasteiger partial charge in [0.1, 0.15) is 5.75 Å². The maximum atomic E-state index is 6.18. The van der Waals surface area contributed by atoms with Crippen molar-refractivity contribution in [2.75, 3.05) is 13.4 Å². The highest BCUT2D eigenvalue weighted by Gasteiger charge is 2.42. The molecule has 2 rings (SSSR count). The van der Waals surface area contributed by atoms with Gasteiger partial charge in [-0.05, 0) is 37.3 Å². The van der Waals surface area contributed by atoms with Gasteiger partial charge >= 0.3 is 0 Å². The van der Waals surface area contributed by atoms with Gasteiger partial charge in [0.2, 0.25) is 0 Å². The molecule has 1 saturated carbocycles. The van der Waals surface area contributed by atoms with Gasteiger partial charge in [-0.25, -0.2) is 0 Å². The number of hydrogen-bond acceptors (Lipinski definition) is 3. The molecule has 0 amide bonds. The lowest BCUT2D eigenvalue weighted by molar-refractivity contribution is 0.404. The highest BCUT2D eigenvalue weighted by atomic mass is 32.2. The second-order valence-electron chi connectivity index (χ2n) is 3.72. The summed E-state index contributed by atoms with van der Waals surface area (Å²) in [6.07, 6.45) is 4.21. The minimum atomic E-state index is -0.114. The predicted octanol–water partition coefficient (Wildman–Crippen LogP) is 2.36. The number of rotatable bonds is 3. The van der Waals surface area contributed by atoms with Crippen molar-refractivity contribution in [2.24, 2.45) is 5.73 Å². The van der Waals surface area contributed by atoms with Crippen molar-refractivity contribution in [1.29, 1.82) is 0 Å². The van der Waals surface area contributed by atoms with Crippen molar-refractivity contribution in [2.45, 2.75) is 23.3 Å². The standard InChI is InChI=1S/C11H15NOS/c1-13-10-4-3-8(14-2)7-9(10)11(12)5-6-11/h3-4,7H,5-6,12H2,1-2H3. The van der Waals surface area contributed by atoms with Gasteiger partial charge in [-0.2, -0.15) is 0 Å². The van der Waals surface area contributed by atoms with Gasteiger partial charge in [0.15, 0.2) is 0 Å². The molecule has 0 aliphatic heterocycles. The molecule has 0 unspecified atom stereocenters. The zero-order valence-corrected chi connectivity index (χ0v) is 9.36. The number of ether oxygens (including phenoxy) is 1. The van der Waals surface area contributed by atoms with E-state index in [1.165, 1.54) is 4.90 Å². The molecule has 0 atom stereocenters. The third-order valence-corrected chi connectivity index (χ3v) is 3.46. The quantitative estimate of drug-likeness (QED) is 0.776. The van der Waals surface area contributed by atoms with Crippen LogP contribution in [0.15, 0.2) is 23.1 Å². The number of methoxy groups -OCH3 is 1. The summed E-state index contributed by atoms with van der Waals surface area (Å²) in [5.74, 6) is 0.919. The SMILES string of the molecule is COc1ccc(SC)cc1C1(N)CC1. The van der Waals surface area contributed by atoms with Gasteiger partial charge < -0.3 is 10.5 Å². The van der Waals surface area contributed by atoms with Crippen LogP contribution < -0.4 is 10.5 Å². The summed E-state index contributed by atoms with van der Waals surface area (Å²) in [7, 11) is 1.70. The first kappa shape index (κ1) is 9.87. The van der Waals surface area contributed by atoms with E-state index in [4.69, 9.17) is 10.5 Å². The Morgan fingerprint density at radius 1 is 1.43 bits per heavy atom. The fourth-order valence-corrected chi connectivity index (χ4v) is 2.05. The van der Waals surface area contributed by atoms with Crippen LogP contribution in [0.4, 0.5) is 0 Å². The number of thioether (sulfide) groups is 1. The molecule has 0 bridgehead atoms. The van der Waals surface area contributed by atoms with Crippen LogP contribution in [0, 0.1) is 0 Å². The van der Waals surface area contributed by atoms with E-state index in [1.807, 2.05) is 6.07 Å². The van der Waals surface area contributed by atoms with Crippen LogP contribution >= 0.6 is 11.8 Å². The number of benzene rings is 1. The van der Waals surface area contributed by atoms with Gasteiger partial charge in [0, 0.05) is 16.0 Å². The summed E-state index contributed by atoms with van der Waals surface area (Å²) in [5, 5.41) is 0. The van der Waals surface area contributed by atoms with Crippen molar-refractivity contribution in [3.8, 4) is 5.75 Å². The fourth-order valence-electron chi connectivity index (χ4n) is 1.61. The lowest BCUT2D eigenvalue weighted by Gasteiger charge is -2.15. The van der Waals surface area contributed by atoms with E-state index in [-0.39, 0.29) is 5.54 Å². The minimum Gasteiger partial charge on any atom is -0.496 e. The van der Waals surface area contributed by atoms with E-state index in [2.05, 4.69) is 18.4 Å². The molecule has 0 radical (unpaired) electrons. The van der Waals surface area contributed by atoms with Crippen molar-refractivity contribution in [3.63, 3.8) is 0 Å². The van der Waals surface area contributed by atoms with Gasteiger partial charge in [-0.15, -0.1) is 11.8 Å². The van der Waals surface area contributed by atoms with Crippen LogP contribution in [0.25, 0.3) is 0 Å². The van der Waals surface area contributed by atoms with Crippen LogP contribution in [0.3, 0.4) is 0 Å². The first-order valence-corrected chi connectivity index (χ1v) is 5.93. The fraction of sp³-hybridized carbons (Fsp3) is 0.455. The average Bonchev–Trinajstić information content (AvgIpc) is 2.97. The molecular weight excluding hydrogens is 194 g/mol. The average molecular weight is 209 g/mol. The molecule has 0 spiro atoms. The summed E-state index contributed by atoms with van der Waals surface area (Å²) in [5.41, 5.74) is 7.22. The Morgan fingerprint density at radius 2 is 2.14 bits per heavy atom. The lowest BCUT2D eigenvalue weighted by Crippen LogP contribution is -2.19. The Labute approximate surface area is 88.8 Å². The molecule has 1 aliphatic rings. The van der Waals surface area contributed by atoms with E-state index in [0.29, 0.717) is 0 Å². The Hall–Kier alpha value is -0.670. The van der Waals surface area contributed by atoms with Gasteiger partial charge in [0.05, 0.1) is 7.11 Å². The Balaban J connectivity index is 2.43. The summed E-state index contributed by atoms with van der Waals surface area (Å²) in [4.78, 5) is 1.25. The first-order valence-electron chi connectivity index (χ1n) is 4.71. The molecule has 2 nitrogen and oxygen atoms in total. The molecule has 1 aliphatic carbocycles. The van der Waals surface area contributed by atoms with E-state index < -0.39 is 0 Å². The summed E-state index contributed by atoms with van der Waals surface area (Å²) < 4.78 is 5.32. The van der Waals surface area contributed by atoms with E-state index in [9.17, 15) is 0 Å². The normalized spacial score (nSPS) is 17.9. The molecule has 76 valence electrons. The van der Waals surface area contributed by atoms with Crippen LogP contribution in [0.2, 0.25) is 0 Å². The van der Waals surface area contributed by atoms with Crippen molar-refractivity contribution < 1.29 is 4.74 Å². The van der Waals surface area contributed by atoms with Crippen molar-refractivity contribution in [3.05, 3.63) is 23.8 Å². The summed E-state index contributed by atoms with van der Waals surface area (Å²) in [6, 6.07) is 6.23. The van der Waals surface area contributed by atoms with Gasteiger partial charge in [-0.3, -0.25) is 0 Å². The van der Waals surface area contributed by atoms with Gasteiger partial charge in [-0.1, -0.05) is 0 Å². The molecule has 1 fully saturated rings. The lowest BCUT2D eigenvalue weighted by atomic mass is 10.0. The molecule has 0 aromatic heterocycles. The third kappa shape index (κ3) is 1.62. The number of nitrogens with two attached hydrogens (primary N) is 1. The molecule has 0 saturated heterocycles. The van der Waals surface area contributed by atoms with Crippen molar-refractivity contribution in [1.82, 2.24) is 0 Å². The first-order chi connectivity index (χ1) is 6.69. The predicted molar refractivity (Wildman–Crippen MR) is 59.9 cm³/mol. The van der Waals surface area contributed by atoms with Crippen LogP contribution in [0.1, 0.15) is 18.4 Å². The monoisotopic (exact) mass is 209 g/mol. The minimum absolute atomic E-state index is 0.114. The zero-order chi connectivity index (χ0) is 10.2. The molecule has 3 heteroatoms. The van der Waals surface area contributed by atoms with Gasteiger partial charge in [0.25, 0.3) is 0 Å². The van der Waals surface area contributed by atoms with E-state index >= 15 is 0 Å². The van der Waals surface area contributed by atoms with Crippen LogP contribution in [-0.4, -0.2) is 13.4 Å². The van der Waals surface area contributed by atoms with Crippen LogP contribution in [-0.2, 0) is 5.54 Å². The summed E-state index contributed by atoms with van der Waals surface area (Å²) in [6.45, 7) is 0. The third-order valence-electron chi connectivity index (χ3n) is 2.73. The zero-order valence-electron chi connectivity index (χ0n) is 8.54. The molecule has 1 aromatic carbocycles. The molecule has 2 N–H and O–H groups in total. The Bertz CT molecular complexity index is 347. The maximum absolute atomic E-state index is 6.18. The topological polar surface area (TPSA) is 35.2 Å². The molecule has 1 aromatic rings. The Kier molecular flexibility index (Phi) is 2.45. The highest BCUT2D eigenvalue weighted by molar-refractivity contribution is 7.98. The molecular formula is C11H15NOS. The maximum Gasteiger partial charge on any atom is 0.123 e. The molecule has 14 heavy (non-hydrogen) atoms. The molecule has 0 heterocycles. The van der Waals surface area contributed by atoms with E-state index in [1.54, 1.807) is 18.9 Å².